The molecule has 2 aromatic rings. The molecule has 1 heterocycles. The number of benzene rings is 1. The maximum Gasteiger partial charge on any atom is 0.303 e. The summed E-state index contributed by atoms with van der Waals surface area (Å²) in [4.78, 5) is 28.5. The standard InChI is InChI=1S/C18H22N2O4/c1-13-18(14-7-4-3-5-8-14)24-15(19-13)10-11-16(21)20(2)12-6-9-17(22)23/h3-5,7-8H,6,9-12H2,1-2H3,(H,22,23). The number of carboxylic acids is 1. The summed E-state index contributed by atoms with van der Waals surface area (Å²) in [6, 6.07) is 9.73. The molecule has 1 aromatic carbocycles. The van der Waals surface area contributed by atoms with Gasteiger partial charge in [-0.25, -0.2) is 4.98 Å². The number of aliphatic carboxylic acids is 1. The van der Waals surface area contributed by atoms with Crippen molar-refractivity contribution in [1.82, 2.24) is 9.88 Å². The lowest BCUT2D eigenvalue weighted by molar-refractivity contribution is -0.138. The average molecular weight is 330 g/mol. The fourth-order valence-corrected chi connectivity index (χ4v) is 2.41. The molecule has 6 nitrogen and oxygen atoms in total. The maximum atomic E-state index is 12.1. The van der Waals surface area contributed by atoms with Crippen molar-refractivity contribution in [2.24, 2.45) is 0 Å². The topological polar surface area (TPSA) is 83.6 Å². The van der Waals surface area contributed by atoms with E-state index >= 15 is 0 Å². The summed E-state index contributed by atoms with van der Waals surface area (Å²) in [5.41, 5.74) is 1.77. The third-order valence-electron chi connectivity index (χ3n) is 3.74. The van der Waals surface area contributed by atoms with Crippen LogP contribution in [-0.4, -0.2) is 40.5 Å². The predicted octanol–water partition coefficient (Wildman–Crippen LogP) is 2.91. The van der Waals surface area contributed by atoms with Crippen molar-refractivity contribution < 1.29 is 19.1 Å². The Bertz CT molecular complexity index is 694. The number of rotatable bonds is 8. The molecule has 0 unspecified atom stereocenters. The van der Waals surface area contributed by atoms with Crippen molar-refractivity contribution in [2.75, 3.05) is 13.6 Å². The number of carbonyl (C=O) groups is 2. The van der Waals surface area contributed by atoms with E-state index in [0.717, 1.165) is 17.0 Å². The van der Waals surface area contributed by atoms with Gasteiger partial charge in [0.05, 0.1) is 5.69 Å². The van der Waals surface area contributed by atoms with Gasteiger partial charge >= 0.3 is 5.97 Å². The second-order valence-corrected chi connectivity index (χ2v) is 5.70. The smallest absolute Gasteiger partial charge is 0.303 e. The molecule has 0 bridgehead atoms. The molecule has 0 aliphatic rings. The van der Waals surface area contributed by atoms with Crippen molar-refractivity contribution in [3.8, 4) is 11.3 Å². The monoisotopic (exact) mass is 330 g/mol. The van der Waals surface area contributed by atoms with Crippen LogP contribution < -0.4 is 0 Å². The molecular weight excluding hydrogens is 308 g/mol. The zero-order valence-corrected chi connectivity index (χ0v) is 14.0. The number of oxazole rings is 1. The number of hydrogen-bond acceptors (Lipinski definition) is 4. The predicted molar refractivity (Wildman–Crippen MR) is 89.5 cm³/mol. The first-order valence-electron chi connectivity index (χ1n) is 7.95. The van der Waals surface area contributed by atoms with Crippen LogP contribution in [0.4, 0.5) is 0 Å². The van der Waals surface area contributed by atoms with Crippen molar-refractivity contribution in [3.63, 3.8) is 0 Å². The number of amides is 1. The second kappa shape index (κ2) is 8.29. The summed E-state index contributed by atoms with van der Waals surface area (Å²) >= 11 is 0. The Labute approximate surface area is 141 Å². The highest BCUT2D eigenvalue weighted by Gasteiger charge is 2.14. The molecule has 0 fully saturated rings. The van der Waals surface area contributed by atoms with Gasteiger partial charge in [0, 0.05) is 38.4 Å². The maximum absolute atomic E-state index is 12.1. The van der Waals surface area contributed by atoms with E-state index in [1.165, 1.54) is 0 Å². The van der Waals surface area contributed by atoms with Gasteiger partial charge < -0.3 is 14.4 Å². The Balaban J connectivity index is 1.88. The molecule has 6 heteroatoms. The molecule has 2 rings (SSSR count). The van der Waals surface area contributed by atoms with Crippen LogP contribution in [-0.2, 0) is 16.0 Å². The third-order valence-corrected chi connectivity index (χ3v) is 3.74. The van der Waals surface area contributed by atoms with Gasteiger partial charge in [0.2, 0.25) is 5.91 Å². The summed E-state index contributed by atoms with van der Waals surface area (Å²) < 4.78 is 5.78. The molecule has 0 saturated carbocycles. The molecule has 0 aliphatic heterocycles. The average Bonchev–Trinajstić information content (AvgIpc) is 2.94. The summed E-state index contributed by atoms with van der Waals surface area (Å²) in [6.07, 6.45) is 1.23. The highest BCUT2D eigenvalue weighted by Crippen LogP contribution is 2.24. The number of nitrogens with zero attached hydrogens (tertiary/aromatic N) is 2. The van der Waals surface area contributed by atoms with Crippen LogP contribution in [0.2, 0.25) is 0 Å². The van der Waals surface area contributed by atoms with Crippen molar-refractivity contribution in [3.05, 3.63) is 41.9 Å². The van der Waals surface area contributed by atoms with Gasteiger partial charge in [0.1, 0.15) is 0 Å². The summed E-state index contributed by atoms with van der Waals surface area (Å²) in [5, 5.41) is 8.62. The highest BCUT2D eigenvalue weighted by atomic mass is 16.4. The number of aryl methyl sites for hydroxylation is 2. The second-order valence-electron chi connectivity index (χ2n) is 5.70. The lowest BCUT2D eigenvalue weighted by Crippen LogP contribution is -2.28. The van der Waals surface area contributed by atoms with Crippen LogP contribution in [0.5, 0.6) is 0 Å². The van der Waals surface area contributed by atoms with Crippen LogP contribution in [0, 0.1) is 6.92 Å². The molecule has 0 saturated heterocycles. The van der Waals surface area contributed by atoms with Gasteiger partial charge in [-0.1, -0.05) is 30.3 Å². The van der Waals surface area contributed by atoms with E-state index in [1.54, 1.807) is 11.9 Å². The Morgan fingerprint density at radius 3 is 2.58 bits per heavy atom. The number of carbonyl (C=O) groups excluding carboxylic acids is 1. The summed E-state index contributed by atoms with van der Waals surface area (Å²) in [7, 11) is 1.68. The number of hydrogen-bond donors (Lipinski definition) is 1. The van der Waals surface area contributed by atoms with E-state index in [-0.39, 0.29) is 18.7 Å². The van der Waals surface area contributed by atoms with E-state index in [9.17, 15) is 9.59 Å². The fourth-order valence-electron chi connectivity index (χ4n) is 2.41. The normalized spacial score (nSPS) is 10.6. The Hall–Kier alpha value is -2.63. The fraction of sp³-hybridized carbons (Fsp3) is 0.389. The first kappa shape index (κ1) is 17.7. The van der Waals surface area contributed by atoms with Gasteiger partial charge in [0.15, 0.2) is 11.7 Å². The van der Waals surface area contributed by atoms with Gasteiger partial charge in [-0.15, -0.1) is 0 Å². The largest absolute Gasteiger partial charge is 0.481 e. The summed E-state index contributed by atoms with van der Waals surface area (Å²) in [6.45, 7) is 2.32. The number of aromatic nitrogens is 1. The minimum absolute atomic E-state index is 0.0440. The van der Waals surface area contributed by atoms with E-state index in [1.807, 2.05) is 37.3 Å². The Morgan fingerprint density at radius 1 is 1.21 bits per heavy atom. The van der Waals surface area contributed by atoms with Crippen molar-refractivity contribution >= 4 is 11.9 Å². The van der Waals surface area contributed by atoms with Gasteiger partial charge in [-0.05, 0) is 13.3 Å². The minimum atomic E-state index is -0.848. The Kier molecular flexibility index (Phi) is 6.12. The lowest BCUT2D eigenvalue weighted by atomic mass is 10.1. The van der Waals surface area contributed by atoms with Crippen molar-refractivity contribution in [2.45, 2.75) is 32.6 Å². The van der Waals surface area contributed by atoms with Gasteiger partial charge in [0.25, 0.3) is 0 Å². The molecule has 128 valence electrons. The van der Waals surface area contributed by atoms with Gasteiger partial charge in [-0.3, -0.25) is 9.59 Å². The molecule has 0 spiro atoms. The molecule has 1 aromatic heterocycles. The van der Waals surface area contributed by atoms with E-state index in [0.29, 0.717) is 25.3 Å². The zero-order valence-electron chi connectivity index (χ0n) is 14.0. The SMILES string of the molecule is Cc1nc(CCC(=O)N(C)CCCC(=O)O)oc1-c1ccccc1. The Morgan fingerprint density at radius 2 is 1.92 bits per heavy atom. The molecule has 0 radical (unpaired) electrons. The quantitative estimate of drug-likeness (QED) is 0.804. The van der Waals surface area contributed by atoms with Crippen LogP contribution in [0.1, 0.15) is 30.8 Å². The first-order valence-corrected chi connectivity index (χ1v) is 7.95. The van der Waals surface area contributed by atoms with E-state index < -0.39 is 5.97 Å². The summed E-state index contributed by atoms with van der Waals surface area (Å²) in [5.74, 6) is 0.378. The van der Waals surface area contributed by atoms with Gasteiger partial charge in [-0.2, -0.15) is 0 Å². The molecule has 1 amide bonds. The van der Waals surface area contributed by atoms with Crippen LogP contribution >= 0.6 is 0 Å². The zero-order chi connectivity index (χ0) is 17.5. The lowest BCUT2D eigenvalue weighted by Gasteiger charge is -2.15. The highest BCUT2D eigenvalue weighted by molar-refractivity contribution is 5.76. The first-order chi connectivity index (χ1) is 11.5. The molecular formula is C18H22N2O4. The number of carboxylic acid groups (broad SMARTS) is 1. The van der Waals surface area contributed by atoms with Crippen LogP contribution in [0.25, 0.3) is 11.3 Å². The molecule has 0 atom stereocenters. The van der Waals surface area contributed by atoms with Crippen LogP contribution in [0.3, 0.4) is 0 Å². The minimum Gasteiger partial charge on any atom is -0.481 e. The van der Waals surface area contributed by atoms with E-state index in [2.05, 4.69) is 4.98 Å². The molecule has 24 heavy (non-hydrogen) atoms. The van der Waals surface area contributed by atoms with Crippen molar-refractivity contribution in [1.29, 1.82) is 0 Å². The van der Waals surface area contributed by atoms with E-state index in [4.69, 9.17) is 9.52 Å². The molecule has 1 N–H and O–H groups in total. The third kappa shape index (κ3) is 4.94. The van der Waals surface area contributed by atoms with Crippen LogP contribution in [0.15, 0.2) is 34.7 Å². The molecule has 0 aliphatic carbocycles.